The van der Waals surface area contributed by atoms with Gasteiger partial charge in [0.2, 0.25) is 5.91 Å². The Morgan fingerprint density at radius 3 is 2.89 bits per heavy atom. The fraction of sp³-hybridized carbons (Fsp3) is 0.516. The van der Waals surface area contributed by atoms with Gasteiger partial charge in [0.05, 0.1) is 6.04 Å². The smallest absolute Gasteiger partial charge is 0.246 e. The molecule has 3 fully saturated rings. The molecule has 2 aromatic rings. The van der Waals surface area contributed by atoms with Gasteiger partial charge in [0, 0.05) is 42.3 Å². The Morgan fingerprint density at radius 1 is 1.22 bits per heavy atom. The Labute approximate surface area is 213 Å². The van der Waals surface area contributed by atoms with Gasteiger partial charge in [-0.3, -0.25) is 9.69 Å². The molecule has 36 heavy (non-hydrogen) atoms. The number of ether oxygens (including phenoxy) is 1. The lowest BCUT2D eigenvalue weighted by molar-refractivity contribution is -0.135. The minimum absolute atomic E-state index is 0.0204. The monoisotopic (exact) mass is 484 g/mol. The Hall–Kier alpha value is -2.79. The number of hydrogen-bond donors (Lipinski definition) is 1. The Balaban J connectivity index is 1.22. The largest absolute Gasteiger partial charge is 0.508 e. The van der Waals surface area contributed by atoms with E-state index in [4.69, 9.17) is 4.74 Å². The fourth-order valence-corrected chi connectivity index (χ4v) is 8.09. The van der Waals surface area contributed by atoms with Crippen molar-refractivity contribution in [3.63, 3.8) is 0 Å². The number of aromatic hydroxyl groups is 1. The molecule has 0 aromatic heterocycles. The van der Waals surface area contributed by atoms with E-state index >= 15 is 0 Å². The summed E-state index contributed by atoms with van der Waals surface area (Å²) in [6.07, 6.45) is 10.3. The van der Waals surface area contributed by atoms with E-state index in [0.717, 1.165) is 55.0 Å². The molecule has 5 atom stereocenters. The maximum atomic E-state index is 13.4. The van der Waals surface area contributed by atoms with Crippen molar-refractivity contribution in [3.8, 4) is 11.5 Å². The molecule has 0 unspecified atom stereocenters. The van der Waals surface area contributed by atoms with Crippen LogP contribution in [0.5, 0.6) is 11.5 Å². The minimum Gasteiger partial charge on any atom is -0.508 e. The molecule has 5 nitrogen and oxygen atoms in total. The summed E-state index contributed by atoms with van der Waals surface area (Å²) in [5.41, 5.74) is 4.49. The number of carbonyl (C=O) groups excluding carboxylic acids is 1. The van der Waals surface area contributed by atoms with Crippen molar-refractivity contribution in [1.82, 2.24) is 9.80 Å². The molecule has 1 spiro atoms. The number of nitrogens with zero attached hydrogens (tertiary/aromatic N) is 2. The molecule has 1 N–H and O–H groups in total. The van der Waals surface area contributed by atoms with Crippen molar-refractivity contribution >= 4 is 12.0 Å². The summed E-state index contributed by atoms with van der Waals surface area (Å²) in [5, 5.41) is 10.9. The van der Waals surface area contributed by atoms with Crippen LogP contribution in [0.4, 0.5) is 0 Å². The summed E-state index contributed by atoms with van der Waals surface area (Å²) in [6, 6.07) is 12.5. The fourth-order valence-electron chi connectivity index (χ4n) is 8.09. The molecule has 188 valence electrons. The molecule has 0 radical (unpaired) electrons. The van der Waals surface area contributed by atoms with Crippen LogP contribution in [0.1, 0.15) is 54.4 Å². The quantitative estimate of drug-likeness (QED) is 0.626. The maximum Gasteiger partial charge on any atom is 0.246 e. The highest BCUT2D eigenvalue weighted by Gasteiger charge is 2.66. The molecule has 1 amide bonds. The first-order chi connectivity index (χ1) is 17.5. The van der Waals surface area contributed by atoms with Crippen LogP contribution >= 0.6 is 0 Å². The summed E-state index contributed by atoms with van der Waals surface area (Å²) in [7, 11) is 1.94. The van der Waals surface area contributed by atoms with Crippen LogP contribution in [0.15, 0.2) is 42.5 Å². The first-order valence-electron chi connectivity index (χ1n) is 13.7. The number of hydrogen-bond acceptors (Lipinski definition) is 4. The van der Waals surface area contributed by atoms with Gasteiger partial charge in [0.1, 0.15) is 17.6 Å². The van der Waals surface area contributed by atoms with E-state index in [9.17, 15) is 9.90 Å². The van der Waals surface area contributed by atoms with Gasteiger partial charge in [0.25, 0.3) is 0 Å². The van der Waals surface area contributed by atoms with Crippen molar-refractivity contribution in [2.24, 2.45) is 11.8 Å². The topological polar surface area (TPSA) is 53.0 Å². The zero-order chi connectivity index (χ0) is 24.6. The van der Waals surface area contributed by atoms with Crippen LogP contribution in [-0.4, -0.2) is 59.1 Å². The first kappa shape index (κ1) is 22.4. The lowest BCUT2D eigenvalue weighted by Gasteiger charge is -2.60. The normalized spacial score (nSPS) is 32.3. The molecule has 2 aliphatic heterocycles. The SMILES string of the molecule is Cc1cccc(C=CC(=O)N(C)[C@H]2CC[C@H]3[C@H]4Cc5c(O)ccc6c5[C@@]3(CCN4CC3CC3)[C@H]2O6)c1. The third-order valence-corrected chi connectivity index (χ3v) is 9.92. The van der Waals surface area contributed by atoms with Gasteiger partial charge in [-0.1, -0.05) is 29.8 Å². The van der Waals surface area contributed by atoms with Gasteiger partial charge < -0.3 is 14.7 Å². The third kappa shape index (κ3) is 3.28. The predicted molar refractivity (Wildman–Crippen MR) is 140 cm³/mol. The summed E-state index contributed by atoms with van der Waals surface area (Å²) in [4.78, 5) is 18.0. The zero-order valence-corrected chi connectivity index (χ0v) is 21.3. The molecule has 7 rings (SSSR count). The number of likely N-dealkylation sites (tertiary alicyclic amines) is 1. The summed E-state index contributed by atoms with van der Waals surface area (Å²) < 4.78 is 6.78. The van der Waals surface area contributed by atoms with Crippen molar-refractivity contribution in [2.45, 2.75) is 69.1 Å². The van der Waals surface area contributed by atoms with Crippen LogP contribution in [0.25, 0.3) is 6.08 Å². The van der Waals surface area contributed by atoms with Crippen LogP contribution < -0.4 is 4.74 Å². The molecule has 3 aliphatic carbocycles. The zero-order valence-electron chi connectivity index (χ0n) is 21.3. The molecule has 5 heteroatoms. The van der Waals surface area contributed by atoms with Crippen LogP contribution in [-0.2, 0) is 16.6 Å². The van der Waals surface area contributed by atoms with Gasteiger partial charge in [-0.05, 0) is 87.6 Å². The van der Waals surface area contributed by atoms with Crippen molar-refractivity contribution in [2.75, 3.05) is 20.1 Å². The summed E-state index contributed by atoms with van der Waals surface area (Å²) in [6.45, 7) is 4.35. The maximum absolute atomic E-state index is 13.4. The van der Waals surface area contributed by atoms with E-state index in [-0.39, 0.29) is 23.5 Å². The van der Waals surface area contributed by atoms with Crippen LogP contribution in [0, 0.1) is 18.8 Å². The summed E-state index contributed by atoms with van der Waals surface area (Å²) >= 11 is 0. The predicted octanol–water partition coefficient (Wildman–Crippen LogP) is 4.69. The number of amides is 1. The van der Waals surface area contributed by atoms with Gasteiger partial charge in [-0.2, -0.15) is 0 Å². The Morgan fingerprint density at radius 2 is 2.08 bits per heavy atom. The van der Waals surface area contributed by atoms with Crippen molar-refractivity contribution in [3.05, 3.63) is 64.7 Å². The van der Waals surface area contributed by atoms with Crippen molar-refractivity contribution < 1.29 is 14.6 Å². The highest BCUT2D eigenvalue weighted by Crippen LogP contribution is 2.63. The standard InChI is InChI=1S/C31H36N2O3/c1-19-4-3-5-20(16-19)8-13-28(35)32(2)24-10-9-23-25-17-22-26(34)11-12-27-29(22)31(23,30(24)36-27)14-15-33(25)18-21-6-7-21/h3-5,8,11-13,16,21,23-25,30,34H,6-7,9-10,14-15,17-18H2,1-2H3/t23-,24-,25+,30-,31-/m0/s1. The average molecular weight is 485 g/mol. The van der Waals surface area contributed by atoms with Gasteiger partial charge in [-0.15, -0.1) is 0 Å². The molecule has 5 aliphatic rings. The summed E-state index contributed by atoms with van der Waals surface area (Å²) in [5.74, 6) is 2.76. The van der Waals surface area contributed by atoms with Gasteiger partial charge >= 0.3 is 0 Å². The number of aryl methyl sites for hydroxylation is 1. The second-order valence-electron chi connectivity index (χ2n) is 11.9. The highest BCUT2D eigenvalue weighted by molar-refractivity contribution is 5.92. The molecule has 2 saturated carbocycles. The van der Waals surface area contributed by atoms with Gasteiger partial charge in [0.15, 0.2) is 0 Å². The number of piperidine rings is 1. The number of likely N-dealkylation sites (N-methyl/N-ethyl adjacent to an activating group) is 1. The molecule has 1 saturated heterocycles. The lowest BCUT2D eigenvalue weighted by Crippen LogP contribution is -2.69. The van der Waals surface area contributed by atoms with Crippen molar-refractivity contribution in [1.29, 1.82) is 0 Å². The van der Waals surface area contributed by atoms with E-state index in [1.807, 2.05) is 42.3 Å². The van der Waals surface area contributed by atoms with E-state index in [1.165, 1.54) is 30.5 Å². The second kappa shape index (κ2) is 8.11. The number of rotatable bonds is 5. The molecule has 2 aromatic carbocycles. The highest BCUT2D eigenvalue weighted by atomic mass is 16.5. The number of benzene rings is 2. The number of phenolic OH excluding ortho intramolecular Hbond substituents is 1. The third-order valence-electron chi connectivity index (χ3n) is 9.92. The molecule has 2 heterocycles. The number of phenols is 1. The van der Waals surface area contributed by atoms with Gasteiger partial charge in [-0.25, -0.2) is 0 Å². The van der Waals surface area contributed by atoms with Crippen LogP contribution in [0.2, 0.25) is 0 Å². The van der Waals surface area contributed by atoms with E-state index in [0.29, 0.717) is 17.7 Å². The van der Waals surface area contributed by atoms with E-state index in [1.54, 1.807) is 6.08 Å². The second-order valence-corrected chi connectivity index (χ2v) is 11.9. The van der Waals surface area contributed by atoms with Crippen LogP contribution in [0.3, 0.4) is 0 Å². The Kier molecular flexibility index (Phi) is 5.05. The minimum atomic E-state index is -0.107. The lowest BCUT2D eigenvalue weighted by atomic mass is 9.51. The first-order valence-corrected chi connectivity index (χ1v) is 13.7. The average Bonchev–Trinajstić information content (AvgIpc) is 3.63. The molecule has 2 bridgehead atoms. The van der Waals surface area contributed by atoms with E-state index < -0.39 is 0 Å². The van der Waals surface area contributed by atoms with E-state index in [2.05, 4.69) is 24.0 Å². The molecular weight excluding hydrogens is 448 g/mol. The number of carbonyl (C=O) groups is 1. The molecular formula is C31H36N2O3. The Bertz CT molecular complexity index is 1250.